The Kier molecular flexibility index (Phi) is 3.93. The number of nitrogens with zero attached hydrogens (tertiary/aromatic N) is 3. The Bertz CT molecular complexity index is 588. The van der Waals surface area contributed by atoms with E-state index >= 15 is 0 Å². The van der Waals surface area contributed by atoms with Gasteiger partial charge in [-0.05, 0) is 25.0 Å². The lowest BCUT2D eigenvalue weighted by Gasteiger charge is -1.99. The van der Waals surface area contributed by atoms with Crippen LogP contribution in [0.1, 0.15) is 19.3 Å². The highest BCUT2D eigenvalue weighted by Crippen LogP contribution is 2.08. The number of aromatic nitrogens is 3. The highest BCUT2D eigenvalue weighted by Gasteiger charge is 2.04. The summed E-state index contributed by atoms with van der Waals surface area (Å²) in [6.45, 7) is 0.653. The molecule has 2 aromatic rings. The second-order valence-corrected chi connectivity index (χ2v) is 5.70. The minimum absolute atomic E-state index is 0.179. The third-order valence-corrected chi connectivity index (χ3v) is 3.39. The molecular weight excluding hydrogens is 254 g/mol. The molecule has 0 bridgehead atoms. The first kappa shape index (κ1) is 13.0. The van der Waals surface area contributed by atoms with E-state index in [0.29, 0.717) is 13.0 Å². The second-order valence-electron chi connectivity index (χ2n) is 4.13. The summed E-state index contributed by atoms with van der Waals surface area (Å²) in [5, 5.41) is 8.59. The molecular formula is C11H15N3O3S. The van der Waals surface area contributed by atoms with E-state index in [1.807, 2.05) is 24.3 Å². The summed E-state index contributed by atoms with van der Waals surface area (Å²) in [7, 11) is -3.83. The smallest absolute Gasteiger partial charge is 0.264 e. The van der Waals surface area contributed by atoms with Crippen LogP contribution in [0.2, 0.25) is 0 Å². The summed E-state index contributed by atoms with van der Waals surface area (Å²) >= 11 is 0. The fourth-order valence-electron chi connectivity index (χ4n) is 1.72. The quantitative estimate of drug-likeness (QED) is 0.634. The normalized spacial score (nSPS) is 12.1. The number of fused-ring (bicyclic) bond motifs is 1. The summed E-state index contributed by atoms with van der Waals surface area (Å²) in [6, 6.07) is 7.62. The standard InChI is InChI=1S/C11H15N3O3S/c15-18(16,17)9-5-1-4-8-14-12-10-6-2-3-7-11(10)13-14/h2-3,6-7H,1,4-5,8-9H2,(H,15,16,17). The van der Waals surface area contributed by atoms with Crippen molar-refractivity contribution in [3.05, 3.63) is 24.3 Å². The van der Waals surface area contributed by atoms with Gasteiger partial charge in [0, 0.05) is 0 Å². The van der Waals surface area contributed by atoms with Crippen LogP contribution in [0.4, 0.5) is 0 Å². The maximum atomic E-state index is 10.5. The topological polar surface area (TPSA) is 85.1 Å². The SMILES string of the molecule is O=S(=O)(O)CCCCCn1nc2ccccc2n1. The fourth-order valence-corrected chi connectivity index (χ4v) is 2.29. The first-order valence-electron chi connectivity index (χ1n) is 5.80. The van der Waals surface area contributed by atoms with Gasteiger partial charge in [-0.1, -0.05) is 18.6 Å². The maximum Gasteiger partial charge on any atom is 0.264 e. The van der Waals surface area contributed by atoms with Gasteiger partial charge >= 0.3 is 0 Å². The number of rotatable bonds is 6. The third kappa shape index (κ3) is 3.78. The van der Waals surface area contributed by atoms with Crippen molar-refractivity contribution in [2.24, 2.45) is 0 Å². The number of benzene rings is 1. The molecule has 0 saturated heterocycles. The minimum atomic E-state index is -3.83. The van der Waals surface area contributed by atoms with E-state index in [4.69, 9.17) is 4.55 Å². The lowest BCUT2D eigenvalue weighted by atomic mass is 10.2. The van der Waals surface area contributed by atoms with Gasteiger partial charge in [-0.15, -0.1) is 0 Å². The van der Waals surface area contributed by atoms with E-state index < -0.39 is 10.1 Å². The Balaban J connectivity index is 1.80. The van der Waals surface area contributed by atoms with Crippen LogP contribution in [0, 0.1) is 0 Å². The molecule has 0 fully saturated rings. The summed E-state index contributed by atoms with van der Waals surface area (Å²) in [5.74, 6) is -0.179. The number of hydrogen-bond acceptors (Lipinski definition) is 4. The average molecular weight is 269 g/mol. The van der Waals surface area contributed by atoms with E-state index in [-0.39, 0.29) is 5.75 Å². The molecule has 0 aliphatic rings. The molecule has 0 aliphatic heterocycles. The van der Waals surface area contributed by atoms with Gasteiger partial charge in [-0.2, -0.15) is 23.4 Å². The first-order chi connectivity index (χ1) is 8.54. The summed E-state index contributed by atoms with van der Waals surface area (Å²) in [6.07, 6.45) is 1.97. The highest BCUT2D eigenvalue weighted by atomic mass is 32.2. The van der Waals surface area contributed by atoms with Crippen molar-refractivity contribution >= 4 is 21.2 Å². The molecule has 7 heteroatoms. The van der Waals surface area contributed by atoms with Gasteiger partial charge in [-0.3, -0.25) is 4.55 Å². The molecule has 0 saturated carbocycles. The Hall–Kier alpha value is -1.47. The Morgan fingerprint density at radius 1 is 1.06 bits per heavy atom. The van der Waals surface area contributed by atoms with Gasteiger partial charge < -0.3 is 0 Å². The van der Waals surface area contributed by atoms with Crippen LogP contribution in [0.15, 0.2) is 24.3 Å². The molecule has 1 N–H and O–H groups in total. The molecule has 1 heterocycles. The molecule has 18 heavy (non-hydrogen) atoms. The van der Waals surface area contributed by atoms with Crippen LogP contribution in [-0.4, -0.2) is 33.7 Å². The summed E-state index contributed by atoms with van der Waals surface area (Å²) in [4.78, 5) is 1.62. The third-order valence-electron chi connectivity index (χ3n) is 2.59. The van der Waals surface area contributed by atoms with E-state index in [1.54, 1.807) is 4.80 Å². The van der Waals surface area contributed by atoms with Crippen LogP contribution in [-0.2, 0) is 16.7 Å². The molecule has 98 valence electrons. The van der Waals surface area contributed by atoms with E-state index in [9.17, 15) is 8.42 Å². The fraction of sp³-hybridized carbons (Fsp3) is 0.455. The Morgan fingerprint density at radius 2 is 1.67 bits per heavy atom. The van der Waals surface area contributed by atoms with Crippen molar-refractivity contribution in [2.75, 3.05) is 5.75 Å². The summed E-state index contributed by atoms with van der Waals surface area (Å²) in [5.41, 5.74) is 1.71. The zero-order valence-corrected chi connectivity index (χ0v) is 10.7. The van der Waals surface area contributed by atoms with Crippen molar-refractivity contribution in [3.63, 3.8) is 0 Å². The zero-order valence-electron chi connectivity index (χ0n) is 9.86. The summed E-state index contributed by atoms with van der Waals surface area (Å²) < 4.78 is 29.6. The van der Waals surface area contributed by atoms with Crippen molar-refractivity contribution in [1.29, 1.82) is 0 Å². The minimum Gasteiger partial charge on any atom is -0.286 e. The lowest BCUT2D eigenvalue weighted by molar-refractivity contribution is 0.473. The number of unbranched alkanes of at least 4 members (excludes halogenated alkanes) is 2. The van der Waals surface area contributed by atoms with Crippen LogP contribution < -0.4 is 0 Å². The molecule has 0 radical (unpaired) electrons. The largest absolute Gasteiger partial charge is 0.286 e. The van der Waals surface area contributed by atoms with Crippen molar-refractivity contribution in [2.45, 2.75) is 25.8 Å². The van der Waals surface area contributed by atoms with Crippen LogP contribution in [0.3, 0.4) is 0 Å². The van der Waals surface area contributed by atoms with E-state index in [1.165, 1.54) is 0 Å². The monoisotopic (exact) mass is 269 g/mol. The van der Waals surface area contributed by atoms with Crippen molar-refractivity contribution in [1.82, 2.24) is 15.0 Å². The number of aryl methyl sites for hydroxylation is 1. The lowest BCUT2D eigenvalue weighted by Crippen LogP contribution is -2.05. The molecule has 2 rings (SSSR count). The van der Waals surface area contributed by atoms with E-state index in [2.05, 4.69) is 10.2 Å². The predicted octanol–water partition coefficient (Wildman–Crippen LogP) is 1.49. The van der Waals surface area contributed by atoms with Crippen molar-refractivity contribution in [3.8, 4) is 0 Å². The number of hydrogen-bond donors (Lipinski definition) is 1. The Labute approximate surface area is 105 Å². The molecule has 0 atom stereocenters. The van der Waals surface area contributed by atoms with Crippen LogP contribution >= 0.6 is 0 Å². The van der Waals surface area contributed by atoms with Crippen molar-refractivity contribution < 1.29 is 13.0 Å². The van der Waals surface area contributed by atoms with E-state index in [0.717, 1.165) is 23.9 Å². The van der Waals surface area contributed by atoms with Gasteiger partial charge in [-0.25, -0.2) is 0 Å². The molecule has 1 aromatic carbocycles. The van der Waals surface area contributed by atoms with Crippen LogP contribution in [0.25, 0.3) is 11.0 Å². The average Bonchev–Trinajstić information content (AvgIpc) is 2.69. The van der Waals surface area contributed by atoms with Gasteiger partial charge in [0.25, 0.3) is 10.1 Å². The van der Waals surface area contributed by atoms with Gasteiger partial charge in [0.1, 0.15) is 11.0 Å². The van der Waals surface area contributed by atoms with Gasteiger partial charge in [0.05, 0.1) is 12.3 Å². The first-order valence-corrected chi connectivity index (χ1v) is 7.40. The second kappa shape index (κ2) is 5.45. The zero-order chi connectivity index (χ0) is 13.0. The molecule has 1 aromatic heterocycles. The molecule has 0 aliphatic carbocycles. The maximum absolute atomic E-state index is 10.5. The van der Waals surface area contributed by atoms with Gasteiger partial charge in [0.15, 0.2) is 0 Å². The van der Waals surface area contributed by atoms with Gasteiger partial charge in [0.2, 0.25) is 0 Å². The van der Waals surface area contributed by atoms with Crippen LogP contribution in [0.5, 0.6) is 0 Å². The Morgan fingerprint density at radius 3 is 2.22 bits per heavy atom. The molecule has 0 unspecified atom stereocenters. The molecule has 6 nitrogen and oxygen atoms in total. The molecule has 0 amide bonds. The predicted molar refractivity (Wildman–Crippen MR) is 67.8 cm³/mol. The molecule has 0 spiro atoms. The highest BCUT2D eigenvalue weighted by molar-refractivity contribution is 7.85.